The van der Waals surface area contributed by atoms with E-state index in [1.807, 2.05) is 18.2 Å². The summed E-state index contributed by atoms with van der Waals surface area (Å²) in [6, 6.07) is 7.51. The predicted molar refractivity (Wildman–Crippen MR) is 82.4 cm³/mol. The molecule has 0 bridgehead atoms. The number of hydrogen-bond donors (Lipinski definition) is 2. The number of methoxy groups -OCH3 is 1. The standard InChI is InChI=1S/C14H15BrN4O/c1-20-11-6-9(4-5-10(11)15)17-13-7-12(16)18-14(19-13)8-2-3-8/h4-8H,2-3H2,1H3,(H3,16,17,18,19). The number of benzene rings is 1. The minimum Gasteiger partial charge on any atom is -0.495 e. The normalized spacial score (nSPS) is 14.1. The maximum atomic E-state index is 5.84. The van der Waals surface area contributed by atoms with Crippen LogP contribution in [0.15, 0.2) is 28.7 Å². The van der Waals surface area contributed by atoms with Crippen LogP contribution in [0.3, 0.4) is 0 Å². The zero-order valence-corrected chi connectivity index (χ0v) is 12.6. The average Bonchev–Trinajstić information content (AvgIpc) is 3.25. The molecule has 0 radical (unpaired) electrons. The van der Waals surface area contributed by atoms with Crippen LogP contribution in [-0.4, -0.2) is 17.1 Å². The number of nitrogens with zero attached hydrogens (tertiary/aromatic N) is 2. The molecular weight excluding hydrogens is 320 g/mol. The monoisotopic (exact) mass is 334 g/mol. The van der Waals surface area contributed by atoms with Gasteiger partial charge in [0.05, 0.1) is 11.6 Å². The summed E-state index contributed by atoms with van der Waals surface area (Å²) in [5, 5.41) is 3.24. The van der Waals surface area contributed by atoms with Crippen molar-refractivity contribution in [3.05, 3.63) is 34.6 Å². The summed E-state index contributed by atoms with van der Waals surface area (Å²) in [6.07, 6.45) is 2.30. The van der Waals surface area contributed by atoms with E-state index < -0.39 is 0 Å². The molecule has 1 saturated carbocycles. The SMILES string of the molecule is COc1cc(Nc2cc(N)nc(C3CC3)n2)ccc1Br. The molecule has 1 aliphatic rings. The number of ether oxygens (including phenoxy) is 1. The molecule has 2 aromatic rings. The van der Waals surface area contributed by atoms with Crippen molar-refractivity contribution in [3.63, 3.8) is 0 Å². The third kappa shape index (κ3) is 2.85. The lowest BCUT2D eigenvalue weighted by molar-refractivity contribution is 0.412. The number of anilines is 3. The minimum atomic E-state index is 0.471. The van der Waals surface area contributed by atoms with Crippen molar-refractivity contribution in [3.8, 4) is 5.75 Å². The molecule has 0 unspecified atom stereocenters. The Morgan fingerprint density at radius 1 is 1.30 bits per heavy atom. The number of hydrogen-bond acceptors (Lipinski definition) is 5. The largest absolute Gasteiger partial charge is 0.495 e. The lowest BCUT2D eigenvalue weighted by Crippen LogP contribution is -2.02. The van der Waals surface area contributed by atoms with Crippen molar-refractivity contribution in [2.75, 3.05) is 18.2 Å². The van der Waals surface area contributed by atoms with Crippen LogP contribution in [0.4, 0.5) is 17.3 Å². The van der Waals surface area contributed by atoms with E-state index in [2.05, 4.69) is 31.2 Å². The molecule has 0 spiro atoms. The van der Waals surface area contributed by atoms with Crippen molar-refractivity contribution < 1.29 is 4.74 Å². The number of nitrogen functional groups attached to an aromatic ring is 1. The molecular formula is C14H15BrN4O. The first-order chi connectivity index (χ1) is 9.65. The topological polar surface area (TPSA) is 73.1 Å². The molecule has 0 atom stereocenters. The van der Waals surface area contributed by atoms with Crippen LogP contribution in [0, 0.1) is 0 Å². The highest BCUT2D eigenvalue weighted by Gasteiger charge is 2.27. The van der Waals surface area contributed by atoms with Crippen LogP contribution in [-0.2, 0) is 0 Å². The third-order valence-electron chi connectivity index (χ3n) is 3.13. The molecule has 3 rings (SSSR count). The Kier molecular flexibility index (Phi) is 3.48. The maximum Gasteiger partial charge on any atom is 0.136 e. The number of nitrogens with two attached hydrogens (primary N) is 1. The molecule has 1 aromatic heterocycles. The first-order valence-electron chi connectivity index (χ1n) is 6.41. The van der Waals surface area contributed by atoms with Crippen molar-refractivity contribution in [2.24, 2.45) is 0 Å². The second-order valence-corrected chi connectivity index (χ2v) is 5.64. The Labute approximate surface area is 125 Å². The van der Waals surface area contributed by atoms with E-state index >= 15 is 0 Å². The van der Waals surface area contributed by atoms with Gasteiger partial charge in [0.15, 0.2) is 0 Å². The predicted octanol–water partition coefficient (Wildman–Crippen LogP) is 3.45. The molecule has 1 aromatic carbocycles. The maximum absolute atomic E-state index is 5.84. The minimum absolute atomic E-state index is 0.471. The van der Waals surface area contributed by atoms with Crippen LogP contribution in [0.5, 0.6) is 5.75 Å². The van der Waals surface area contributed by atoms with E-state index in [9.17, 15) is 0 Å². The quantitative estimate of drug-likeness (QED) is 0.895. The summed E-state index contributed by atoms with van der Waals surface area (Å²) >= 11 is 3.43. The Bertz CT molecular complexity index is 643. The van der Waals surface area contributed by atoms with Gasteiger partial charge in [-0.3, -0.25) is 0 Å². The molecule has 0 aliphatic heterocycles. The van der Waals surface area contributed by atoms with Gasteiger partial charge in [-0.05, 0) is 40.9 Å². The molecule has 5 nitrogen and oxygen atoms in total. The molecule has 0 amide bonds. The van der Waals surface area contributed by atoms with E-state index in [1.54, 1.807) is 13.2 Å². The van der Waals surface area contributed by atoms with Gasteiger partial charge in [0, 0.05) is 23.7 Å². The van der Waals surface area contributed by atoms with Crippen molar-refractivity contribution in [2.45, 2.75) is 18.8 Å². The van der Waals surface area contributed by atoms with Gasteiger partial charge in [-0.15, -0.1) is 0 Å². The molecule has 1 heterocycles. The van der Waals surface area contributed by atoms with Gasteiger partial charge in [0.1, 0.15) is 23.2 Å². The Balaban J connectivity index is 1.87. The fraction of sp³-hybridized carbons (Fsp3) is 0.286. The summed E-state index contributed by atoms with van der Waals surface area (Å²) in [5.41, 5.74) is 6.73. The molecule has 6 heteroatoms. The van der Waals surface area contributed by atoms with E-state index in [0.29, 0.717) is 17.6 Å². The summed E-state index contributed by atoms with van der Waals surface area (Å²) in [6.45, 7) is 0. The summed E-state index contributed by atoms with van der Waals surface area (Å²) in [4.78, 5) is 8.79. The van der Waals surface area contributed by atoms with Gasteiger partial charge in [-0.1, -0.05) is 0 Å². The molecule has 1 aliphatic carbocycles. The second-order valence-electron chi connectivity index (χ2n) is 4.78. The highest BCUT2D eigenvalue weighted by atomic mass is 79.9. The average molecular weight is 335 g/mol. The van der Waals surface area contributed by atoms with Gasteiger partial charge in [0.2, 0.25) is 0 Å². The lowest BCUT2D eigenvalue weighted by Gasteiger charge is -2.10. The van der Waals surface area contributed by atoms with E-state index in [0.717, 1.165) is 34.6 Å². The molecule has 1 fully saturated rings. The Morgan fingerprint density at radius 2 is 2.10 bits per heavy atom. The van der Waals surface area contributed by atoms with Crippen molar-refractivity contribution in [1.29, 1.82) is 0 Å². The third-order valence-corrected chi connectivity index (χ3v) is 3.78. The lowest BCUT2D eigenvalue weighted by atomic mass is 10.3. The Hall–Kier alpha value is -1.82. The second kappa shape index (κ2) is 5.28. The molecule has 3 N–H and O–H groups in total. The van der Waals surface area contributed by atoms with E-state index in [1.165, 1.54) is 0 Å². The highest BCUT2D eigenvalue weighted by Crippen LogP contribution is 2.39. The van der Waals surface area contributed by atoms with Crippen LogP contribution in [0.1, 0.15) is 24.6 Å². The van der Waals surface area contributed by atoms with Crippen LogP contribution in [0.25, 0.3) is 0 Å². The Morgan fingerprint density at radius 3 is 2.80 bits per heavy atom. The fourth-order valence-electron chi connectivity index (χ4n) is 1.96. The fourth-order valence-corrected chi connectivity index (χ4v) is 2.37. The van der Waals surface area contributed by atoms with Gasteiger partial charge in [0.25, 0.3) is 0 Å². The zero-order chi connectivity index (χ0) is 14.1. The molecule has 104 valence electrons. The van der Waals surface area contributed by atoms with Crippen LogP contribution >= 0.6 is 15.9 Å². The first kappa shape index (κ1) is 13.2. The summed E-state index contributed by atoms with van der Waals surface area (Å²) in [5.74, 6) is 3.27. The number of nitrogens with one attached hydrogen (secondary N) is 1. The van der Waals surface area contributed by atoms with Gasteiger partial charge in [-0.2, -0.15) is 0 Å². The van der Waals surface area contributed by atoms with Crippen LogP contribution < -0.4 is 15.8 Å². The first-order valence-corrected chi connectivity index (χ1v) is 7.20. The van der Waals surface area contributed by atoms with Crippen molar-refractivity contribution >= 4 is 33.3 Å². The summed E-state index contributed by atoms with van der Waals surface area (Å²) in [7, 11) is 1.64. The van der Waals surface area contributed by atoms with E-state index in [4.69, 9.17) is 10.5 Å². The number of aromatic nitrogens is 2. The van der Waals surface area contributed by atoms with Gasteiger partial charge >= 0.3 is 0 Å². The van der Waals surface area contributed by atoms with Gasteiger partial charge < -0.3 is 15.8 Å². The number of halogens is 1. The molecule has 0 saturated heterocycles. The molecule has 20 heavy (non-hydrogen) atoms. The smallest absolute Gasteiger partial charge is 0.136 e. The van der Waals surface area contributed by atoms with Crippen molar-refractivity contribution in [1.82, 2.24) is 9.97 Å². The van der Waals surface area contributed by atoms with Gasteiger partial charge in [-0.25, -0.2) is 9.97 Å². The summed E-state index contributed by atoms with van der Waals surface area (Å²) < 4.78 is 6.18. The number of rotatable bonds is 4. The zero-order valence-electron chi connectivity index (χ0n) is 11.1. The van der Waals surface area contributed by atoms with E-state index in [-0.39, 0.29) is 0 Å². The highest BCUT2D eigenvalue weighted by molar-refractivity contribution is 9.10. The van der Waals surface area contributed by atoms with Crippen LogP contribution in [0.2, 0.25) is 0 Å².